The highest BCUT2D eigenvalue weighted by molar-refractivity contribution is 8.09. The van der Waals surface area contributed by atoms with E-state index in [9.17, 15) is 31.2 Å². The molecule has 0 aliphatic rings. The molecule has 12 heteroatoms. The molecule has 3 aromatic carbocycles. The first-order valence-electron chi connectivity index (χ1n) is 10.1. The topological polar surface area (TPSA) is 142 Å². The molecule has 1 heterocycles. The highest BCUT2D eigenvalue weighted by Gasteiger charge is 2.28. The zero-order chi connectivity index (χ0) is 25.6. The molecule has 0 radical (unpaired) electrons. The minimum Gasteiger partial charge on any atom is -0.321 e. The zero-order valence-electron chi connectivity index (χ0n) is 18.6. The average Bonchev–Trinajstić information content (AvgIpc) is 2.74. The molecule has 0 atom stereocenters. The second kappa shape index (κ2) is 8.85. The summed E-state index contributed by atoms with van der Waals surface area (Å²) in [6.45, 7) is 0. The van der Waals surface area contributed by atoms with Crippen molar-refractivity contribution in [3.63, 3.8) is 0 Å². The number of sulfonamides is 2. The number of aromatic nitrogens is 1. The van der Waals surface area contributed by atoms with E-state index in [0.29, 0.717) is 25.7 Å². The minimum atomic E-state index is -4.41. The molecule has 4 rings (SSSR count). The van der Waals surface area contributed by atoms with Crippen LogP contribution in [0.15, 0.2) is 72.5 Å². The van der Waals surface area contributed by atoms with Crippen LogP contribution in [0.25, 0.3) is 38.9 Å². The number of hydrogen-bond donors (Lipinski definition) is 2. The first-order chi connectivity index (χ1) is 16.2. The molecule has 0 saturated heterocycles. The SMILES string of the molecule is CS(=O)(=O)N(c1cc(-c2cccc3ccccc23)c2nc(C=CP(=O)(O)O)ccc2c1)S(C)(=O)=O. The zero-order valence-corrected chi connectivity index (χ0v) is 21.1. The van der Waals surface area contributed by atoms with Gasteiger partial charge in [0, 0.05) is 16.8 Å². The van der Waals surface area contributed by atoms with Crippen molar-refractivity contribution in [2.45, 2.75) is 0 Å². The molecule has 0 spiro atoms. The summed E-state index contributed by atoms with van der Waals surface area (Å²) >= 11 is 0. The van der Waals surface area contributed by atoms with Gasteiger partial charge in [-0.25, -0.2) is 21.8 Å². The molecule has 35 heavy (non-hydrogen) atoms. The van der Waals surface area contributed by atoms with Crippen LogP contribution in [0.3, 0.4) is 0 Å². The standard InChI is InChI=1S/C23H21N2O7PS2/c1-34(29,30)25(35(2,31)32)19-14-17-10-11-18(12-13-33(26,27)28)24-23(17)22(15-19)21-9-5-7-16-6-3-4-8-20(16)21/h3-15H,1-2H3,(H2,26,27,28). The normalized spacial score (nSPS) is 13.0. The Labute approximate surface area is 202 Å². The molecule has 0 aliphatic heterocycles. The quantitative estimate of drug-likeness (QED) is 0.356. The van der Waals surface area contributed by atoms with E-state index in [1.165, 1.54) is 24.3 Å². The third-order valence-electron chi connectivity index (χ3n) is 5.13. The van der Waals surface area contributed by atoms with Crippen molar-refractivity contribution in [1.82, 2.24) is 4.98 Å². The van der Waals surface area contributed by atoms with Crippen LogP contribution in [-0.4, -0.2) is 44.1 Å². The van der Waals surface area contributed by atoms with Gasteiger partial charge >= 0.3 is 7.60 Å². The number of anilines is 1. The van der Waals surface area contributed by atoms with Crippen LogP contribution in [0.4, 0.5) is 5.69 Å². The van der Waals surface area contributed by atoms with Gasteiger partial charge in [0.1, 0.15) is 0 Å². The van der Waals surface area contributed by atoms with Gasteiger partial charge in [0.15, 0.2) is 0 Å². The first kappa shape index (κ1) is 25.0. The number of pyridine rings is 1. The number of rotatable bonds is 6. The van der Waals surface area contributed by atoms with E-state index in [1.54, 1.807) is 6.07 Å². The maximum absolute atomic E-state index is 12.5. The molecule has 0 bridgehead atoms. The van der Waals surface area contributed by atoms with E-state index in [-0.39, 0.29) is 11.4 Å². The fraction of sp³-hybridized carbons (Fsp3) is 0.0870. The van der Waals surface area contributed by atoms with E-state index >= 15 is 0 Å². The smallest absolute Gasteiger partial charge is 0.321 e. The molecule has 0 saturated carbocycles. The number of fused-ring (bicyclic) bond motifs is 2. The molecule has 2 N–H and O–H groups in total. The van der Waals surface area contributed by atoms with Gasteiger partial charge in [-0.2, -0.15) is 3.71 Å². The molecular formula is C23H21N2O7PS2. The molecule has 4 aromatic rings. The summed E-state index contributed by atoms with van der Waals surface area (Å²) in [7, 11) is -12.8. The number of benzene rings is 3. The largest absolute Gasteiger partial charge is 0.349 e. The molecule has 0 amide bonds. The predicted molar refractivity (Wildman–Crippen MR) is 138 cm³/mol. The third kappa shape index (κ3) is 5.44. The summed E-state index contributed by atoms with van der Waals surface area (Å²) in [6.07, 6.45) is 2.81. The molecule has 0 aliphatic carbocycles. The lowest BCUT2D eigenvalue weighted by atomic mass is 9.95. The average molecular weight is 533 g/mol. The second-order valence-corrected chi connectivity index (χ2v) is 13.3. The fourth-order valence-corrected chi connectivity index (χ4v) is 7.19. The number of nitrogens with zero attached hydrogens (tertiary/aromatic N) is 2. The molecule has 0 fully saturated rings. The highest BCUT2D eigenvalue weighted by Crippen LogP contribution is 2.39. The second-order valence-electron chi connectivity index (χ2n) is 7.96. The summed E-state index contributed by atoms with van der Waals surface area (Å²) in [5.41, 5.74) is 1.72. The molecular weight excluding hydrogens is 511 g/mol. The summed E-state index contributed by atoms with van der Waals surface area (Å²) in [5, 5.41) is 2.18. The summed E-state index contributed by atoms with van der Waals surface area (Å²) in [5.74, 6) is 0.738. The van der Waals surface area contributed by atoms with Crippen LogP contribution in [-0.2, 0) is 24.6 Å². The van der Waals surface area contributed by atoms with Crippen molar-refractivity contribution < 1.29 is 31.2 Å². The van der Waals surface area contributed by atoms with Gasteiger partial charge < -0.3 is 9.79 Å². The Bertz CT molecular complexity index is 1720. The van der Waals surface area contributed by atoms with Crippen molar-refractivity contribution in [1.29, 1.82) is 0 Å². The Balaban J connectivity index is 2.10. The lowest BCUT2D eigenvalue weighted by Crippen LogP contribution is -2.35. The molecule has 1 aromatic heterocycles. The van der Waals surface area contributed by atoms with Crippen LogP contribution in [0.1, 0.15) is 5.69 Å². The van der Waals surface area contributed by atoms with Gasteiger partial charge in [0.25, 0.3) is 0 Å². The van der Waals surface area contributed by atoms with E-state index in [1.807, 2.05) is 42.5 Å². The Morgan fingerprint density at radius 3 is 2.14 bits per heavy atom. The number of hydrogen-bond acceptors (Lipinski definition) is 6. The van der Waals surface area contributed by atoms with Crippen molar-refractivity contribution in [2.24, 2.45) is 0 Å². The van der Waals surface area contributed by atoms with Gasteiger partial charge in [0.05, 0.1) is 29.4 Å². The van der Waals surface area contributed by atoms with Crippen molar-refractivity contribution in [3.8, 4) is 11.1 Å². The van der Waals surface area contributed by atoms with Crippen LogP contribution in [0, 0.1) is 0 Å². The Morgan fingerprint density at radius 2 is 1.49 bits per heavy atom. The first-order valence-corrected chi connectivity index (χ1v) is 15.5. The molecule has 182 valence electrons. The fourth-order valence-electron chi connectivity index (χ4n) is 3.90. The van der Waals surface area contributed by atoms with Crippen LogP contribution in [0.5, 0.6) is 0 Å². The van der Waals surface area contributed by atoms with Crippen LogP contribution < -0.4 is 3.71 Å². The lowest BCUT2D eigenvalue weighted by molar-refractivity contribution is 0.386. The molecule has 0 unspecified atom stereocenters. The van der Waals surface area contributed by atoms with Crippen LogP contribution >= 0.6 is 7.60 Å². The lowest BCUT2D eigenvalue weighted by Gasteiger charge is -2.22. The Hall–Kier alpha value is -3.08. The minimum absolute atomic E-state index is 0.0780. The van der Waals surface area contributed by atoms with Gasteiger partial charge in [-0.1, -0.05) is 48.5 Å². The van der Waals surface area contributed by atoms with Crippen molar-refractivity contribution in [2.75, 3.05) is 16.2 Å². The van der Waals surface area contributed by atoms with E-state index in [0.717, 1.165) is 29.1 Å². The van der Waals surface area contributed by atoms with Gasteiger partial charge in [0.2, 0.25) is 20.0 Å². The summed E-state index contributed by atoms with van der Waals surface area (Å²) < 4.78 is 61.5. The maximum Gasteiger partial charge on any atom is 0.349 e. The Morgan fingerprint density at radius 1 is 0.829 bits per heavy atom. The molecule has 9 nitrogen and oxygen atoms in total. The van der Waals surface area contributed by atoms with Crippen molar-refractivity contribution in [3.05, 3.63) is 78.2 Å². The third-order valence-corrected chi connectivity index (χ3v) is 8.92. The Kier molecular flexibility index (Phi) is 6.33. The highest BCUT2D eigenvalue weighted by atomic mass is 32.3. The van der Waals surface area contributed by atoms with E-state index < -0.39 is 27.6 Å². The maximum atomic E-state index is 12.5. The van der Waals surface area contributed by atoms with Gasteiger partial charge in [-0.15, -0.1) is 0 Å². The summed E-state index contributed by atoms with van der Waals surface area (Å²) in [6, 6.07) is 19.0. The van der Waals surface area contributed by atoms with E-state index in [2.05, 4.69) is 4.98 Å². The van der Waals surface area contributed by atoms with Gasteiger partial charge in [-0.05, 0) is 40.6 Å². The van der Waals surface area contributed by atoms with E-state index in [4.69, 9.17) is 0 Å². The van der Waals surface area contributed by atoms with Crippen molar-refractivity contribution >= 4 is 61.1 Å². The monoisotopic (exact) mass is 532 g/mol. The van der Waals surface area contributed by atoms with Crippen LogP contribution in [0.2, 0.25) is 0 Å². The predicted octanol–water partition coefficient (Wildman–Crippen LogP) is 3.93. The van der Waals surface area contributed by atoms with Gasteiger partial charge in [-0.3, -0.25) is 4.57 Å². The summed E-state index contributed by atoms with van der Waals surface area (Å²) in [4.78, 5) is 22.9.